The van der Waals surface area contributed by atoms with Gasteiger partial charge in [0.25, 0.3) is 0 Å². The van der Waals surface area contributed by atoms with Crippen LogP contribution >= 0.6 is 0 Å². The minimum atomic E-state index is -0.112. The van der Waals surface area contributed by atoms with E-state index in [1.54, 1.807) is 18.5 Å². The molecule has 3 aromatic rings. The first-order chi connectivity index (χ1) is 13.3. The normalized spacial score (nSPS) is 16.9. The summed E-state index contributed by atoms with van der Waals surface area (Å²) in [5.41, 5.74) is 0.879. The van der Waals surface area contributed by atoms with Gasteiger partial charge in [-0.25, -0.2) is 9.97 Å². The maximum atomic E-state index is 12.6. The first-order valence-corrected chi connectivity index (χ1v) is 8.97. The Labute approximate surface area is 156 Å². The number of hydrogen-bond acceptors (Lipinski definition) is 7. The molecule has 0 aliphatic carbocycles. The SMILES string of the molecule is O=C(NCc1nc(-c2ccccc2)no1)[C@H]1CCCN(c2ncccn2)C1. The molecule has 1 fully saturated rings. The maximum absolute atomic E-state index is 12.6. The number of carbonyl (C=O) groups excluding carboxylic acids is 1. The average Bonchev–Trinajstić information content (AvgIpc) is 3.22. The fourth-order valence-corrected chi connectivity index (χ4v) is 3.17. The van der Waals surface area contributed by atoms with Crippen LogP contribution in [0.25, 0.3) is 11.4 Å². The average molecular weight is 364 g/mol. The molecule has 1 amide bonds. The first kappa shape index (κ1) is 17.1. The fourth-order valence-electron chi connectivity index (χ4n) is 3.17. The van der Waals surface area contributed by atoms with Crippen molar-refractivity contribution in [2.45, 2.75) is 19.4 Å². The van der Waals surface area contributed by atoms with Gasteiger partial charge in [0.2, 0.25) is 23.6 Å². The number of amides is 1. The second-order valence-electron chi connectivity index (χ2n) is 6.43. The van der Waals surface area contributed by atoms with Crippen molar-refractivity contribution >= 4 is 11.9 Å². The van der Waals surface area contributed by atoms with E-state index < -0.39 is 0 Å². The summed E-state index contributed by atoms with van der Waals surface area (Å²) in [5.74, 6) is 1.44. The predicted octanol–water partition coefficient (Wildman–Crippen LogP) is 2.06. The molecule has 138 valence electrons. The van der Waals surface area contributed by atoms with Crippen molar-refractivity contribution < 1.29 is 9.32 Å². The molecule has 3 heterocycles. The Morgan fingerprint density at radius 2 is 2.00 bits per heavy atom. The largest absolute Gasteiger partial charge is 0.347 e. The lowest BCUT2D eigenvalue weighted by molar-refractivity contribution is -0.125. The van der Waals surface area contributed by atoms with Gasteiger partial charge in [-0.3, -0.25) is 4.79 Å². The molecule has 8 heteroatoms. The maximum Gasteiger partial charge on any atom is 0.246 e. The first-order valence-electron chi connectivity index (χ1n) is 8.97. The molecule has 1 aliphatic rings. The molecule has 8 nitrogen and oxygen atoms in total. The second kappa shape index (κ2) is 7.94. The second-order valence-corrected chi connectivity index (χ2v) is 6.43. The Bertz CT molecular complexity index is 883. The zero-order chi connectivity index (χ0) is 18.5. The van der Waals surface area contributed by atoms with E-state index in [1.807, 2.05) is 35.2 Å². The molecule has 0 radical (unpaired) electrons. The van der Waals surface area contributed by atoms with Crippen LogP contribution in [0.2, 0.25) is 0 Å². The summed E-state index contributed by atoms with van der Waals surface area (Å²) in [4.78, 5) is 27.5. The molecule has 1 N–H and O–H groups in total. The van der Waals surface area contributed by atoms with E-state index in [2.05, 4.69) is 25.4 Å². The van der Waals surface area contributed by atoms with E-state index >= 15 is 0 Å². The van der Waals surface area contributed by atoms with Gasteiger partial charge in [-0.05, 0) is 18.9 Å². The molecule has 0 spiro atoms. The van der Waals surface area contributed by atoms with Crippen molar-refractivity contribution in [3.05, 3.63) is 54.7 Å². The molecule has 2 aromatic heterocycles. The Balaban J connectivity index is 1.33. The summed E-state index contributed by atoms with van der Waals surface area (Å²) in [5, 5.41) is 6.87. The number of benzene rings is 1. The van der Waals surface area contributed by atoms with E-state index in [-0.39, 0.29) is 18.4 Å². The topological polar surface area (TPSA) is 97.0 Å². The molecule has 0 saturated carbocycles. The van der Waals surface area contributed by atoms with Crippen LogP contribution in [0.5, 0.6) is 0 Å². The lowest BCUT2D eigenvalue weighted by Gasteiger charge is -2.31. The van der Waals surface area contributed by atoms with Crippen molar-refractivity contribution in [1.82, 2.24) is 25.4 Å². The number of aromatic nitrogens is 4. The molecule has 1 aliphatic heterocycles. The van der Waals surface area contributed by atoms with E-state index in [9.17, 15) is 4.79 Å². The number of anilines is 1. The minimum absolute atomic E-state index is 0.0184. The quantitative estimate of drug-likeness (QED) is 0.740. The van der Waals surface area contributed by atoms with Gasteiger partial charge in [0.1, 0.15) is 0 Å². The Morgan fingerprint density at radius 3 is 2.81 bits per heavy atom. The number of nitrogens with one attached hydrogen (secondary N) is 1. The van der Waals surface area contributed by atoms with Gasteiger partial charge in [0.05, 0.1) is 12.5 Å². The summed E-state index contributed by atoms with van der Waals surface area (Å²) in [6.45, 7) is 1.68. The molecule has 4 rings (SSSR count). The summed E-state index contributed by atoms with van der Waals surface area (Å²) in [6.07, 6.45) is 5.20. The standard InChI is InChI=1S/C19H20N6O2/c26-18(15-8-4-11-25(13-15)19-20-9-5-10-21-19)22-12-16-23-17(24-27-16)14-6-2-1-3-7-14/h1-3,5-7,9-10,15H,4,8,11-13H2,(H,22,26)/t15-/m0/s1. The van der Waals surface area contributed by atoms with Crippen LogP contribution < -0.4 is 10.2 Å². The lowest BCUT2D eigenvalue weighted by atomic mass is 9.97. The van der Waals surface area contributed by atoms with Gasteiger partial charge in [-0.1, -0.05) is 35.5 Å². The smallest absolute Gasteiger partial charge is 0.246 e. The van der Waals surface area contributed by atoms with Gasteiger partial charge in [0.15, 0.2) is 0 Å². The van der Waals surface area contributed by atoms with Crippen LogP contribution in [0.3, 0.4) is 0 Å². The molecule has 1 aromatic carbocycles. The number of carbonyl (C=O) groups is 1. The van der Waals surface area contributed by atoms with Gasteiger partial charge < -0.3 is 14.7 Å². The van der Waals surface area contributed by atoms with Crippen LogP contribution in [0.1, 0.15) is 18.7 Å². The Kier molecular flexibility index (Phi) is 5.04. The summed E-state index contributed by atoms with van der Waals surface area (Å²) < 4.78 is 5.24. The highest BCUT2D eigenvalue weighted by molar-refractivity contribution is 5.79. The van der Waals surface area contributed by atoms with Crippen molar-refractivity contribution in [2.24, 2.45) is 5.92 Å². The predicted molar refractivity (Wildman–Crippen MR) is 98.5 cm³/mol. The van der Waals surface area contributed by atoms with Gasteiger partial charge in [-0.15, -0.1) is 0 Å². The molecule has 0 unspecified atom stereocenters. The van der Waals surface area contributed by atoms with Gasteiger partial charge >= 0.3 is 0 Å². The van der Waals surface area contributed by atoms with Crippen LogP contribution in [0.15, 0.2) is 53.3 Å². The third-order valence-corrected chi connectivity index (χ3v) is 4.54. The van der Waals surface area contributed by atoms with Crippen LogP contribution in [0, 0.1) is 5.92 Å². The molecule has 1 saturated heterocycles. The summed E-state index contributed by atoms with van der Waals surface area (Å²) in [7, 11) is 0. The third-order valence-electron chi connectivity index (χ3n) is 4.54. The highest BCUT2D eigenvalue weighted by Crippen LogP contribution is 2.20. The van der Waals surface area contributed by atoms with E-state index in [1.165, 1.54) is 0 Å². The third kappa shape index (κ3) is 4.11. The van der Waals surface area contributed by atoms with Crippen LogP contribution in [0.4, 0.5) is 5.95 Å². The highest BCUT2D eigenvalue weighted by Gasteiger charge is 2.27. The monoisotopic (exact) mass is 364 g/mol. The fraction of sp³-hybridized carbons (Fsp3) is 0.316. The van der Waals surface area contributed by atoms with E-state index in [0.717, 1.165) is 24.9 Å². The number of piperidine rings is 1. The molecule has 27 heavy (non-hydrogen) atoms. The summed E-state index contributed by atoms with van der Waals surface area (Å²) >= 11 is 0. The van der Waals surface area contributed by atoms with Crippen LogP contribution in [-0.4, -0.2) is 39.1 Å². The highest BCUT2D eigenvalue weighted by atomic mass is 16.5. The van der Waals surface area contributed by atoms with Crippen LogP contribution in [-0.2, 0) is 11.3 Å². The Morgan fingerprint density at radius 1 is 1.19 bits per heavy atom. The molecule has 0 bridgehead atoms. The zero-order valence-electron chi connectivity index (χ0n) is 14.8. The number of hydrogen-bond donors (Lipinski definition) is 1. The minimum Gasteiger partial charge on any atom is -0.347 e. The van der Waals surface area contributed by atoms with Gasteiger partial charge in [0, 0.05) is 31.0 Å². The molecular weight excluding hydrogens is 344 g/mol. The molecule has 1 atom stereocenters. The summed E-state index contributed by atoms with van der Waals surface area (Å²) in [6, 6.07) is 11.4. The van der Waals surface area contributed by atoms with Crippen molar-refractivity contribution in [1.29, 1.82) is 0 Å². The zero-order valence-corrected chi connectivity index (χ0v) is 14.8. The lowest BCUT2D eigenvalue weighted by Crippen LogP contribution is -2.43. The number of nitrogens with zero attached hydrogens (tertiary/aromatic N) is 5. The van der Waals surface area contributed by atoms with E-state index in [0.29, 0.717) is 24.2 Å². The molecular formula is C19H20N6O2. The van der Waals surface area contributed by atoms with E-state index in [4.69, 9.17) is 4.52 Å². The number of rotatable bonds is 5. The van der Waals surface area contributed by atoms with Crippen molar-refractivity contribution in [3.63, 3.8) is 0 Å². The van der Waals surface area contributed by atoms with Crippen molar-refractivity contribution in [3.8, 4) is 11.4 Å². The van der Waals surface area contributed by atoms with Gasteiger partial charge in [-0.2, -0.15) is 4.98 Å². The Hall–Kier alpha value is -3.29. The van der Waals surface area contributed by atoms with Crippen molar-refractivity contribution in [2.75, 3.05) is 18.0 Å².